The molecule has 0 aliphatic heterocycles. The van der Waals surface area contributed by atoms with Crippen LogP contribution in [0, 0.1) is 0 Å². The van der Waals surface area contributed by atoms with Gasteiger partial charge >= 0.3 is 0 Å². The van der Waals surface area contributed by atoms with E-state index in [0.717, 1.165) is 12.5 Å². The maximum Gasteiger partial charge on any atom is -0.00461 e. The second kappa shape index (κ2) is 5.68. The maximum absolute atomic E-state index is 3.28. The van der Waals surface area contributed by atoms with Crippen LogP contribution in [0.5, 0.6) is 0 Å². The van der Waals surface area contributed by atoms with Crippen LogP contribution in [-0.2, 0) is 6.42 Å². The van der Waals surface area contributed by atoms with Gasteiger partial charge in [-0.15, -0.1) is 0 Å². The lowest BCUT2D eigenvalue weighted by Gasteiger charge is -2.26. The summed E-state index contributed by atoms with van der Waals surface area (Å²) in [4.78, 5) is 0. The summed E-state index contributed by atoms with van der Waals surface area (Å²) in [6.45, 7) is 5.70. The van der Waals surface area contributed by atoms with Crippen LogP contribution in [0.1, 0.15) is 61.6 Å². The van der Waals surface area contributed by atoms with Gasteiger partial charge in [-0.2, -0.15) is 0 Å². The lowest BCUT2D eigenvalue weighted by molar-refractivity contribution is 0.509. The van der Waals surface area contributed by atoms with Gasteiger partial charge in [0.05, 0.1) is 0 Å². The molecule has 1 aliphatic carbocycles. The molecular formula is C16H25N. The predicted molar refractivity (Wildman–Crippen MR) is 74.8 cm³/mol. The molecule has 0 bridgehead atoms. The van der Waals surface area contributed by atoms with Crippen molar-refractivity contribution in [2.24, 2.45) is 0 Å². The largest absolute Gasteiger partial charge is 0.320 e. The fraction of sp³-hybridized carbons (Fsp3) is 0.625. The first-order chi connectivity index (χ1) is 8.22. The van der Waals surface area contributed by atoms with Crippen molar-refractivity contribution in [3.05, 3.63) is 34.9 Å². The Bertz CT molecular complexity index is 368. The number of rotatable bonds is 4. The summed E-state index contributed by atoms with van der Waals surface area (Å²) in [7, 11) is 2.05. The molecule has 0 saturated heterocycles. The zero-order chi connectivity index (χ0) is 12.3. The summed E-state index contributed by atoms with van der Waals surface area (Å²) in [5, 5.41) is 3.28. The van der Waals surface area contributed by atoms with E-state index >= 15 is 0 Å². The Balaban J connectivity index is 2.24. The minimum atomic E-state index is 0.646. The fourth-order valence-electron chi connectivity index (χ4n) is 2.89. The smallest absolute Gasteiger partial charge is 0.00461 e. The molecule has 1 aromatic rings. The van der Waals surface area contributed by atoms with Crippen molar-refractivity contribution < 1.29 is 0 Å². The van der Waals surface area contributed by atoms with Crippen molar-refractivity contribution in [2.45, 2.75) is 51.4 Å². The maximum atomic E-state index is 3.28. The average Bonchev–Trinajstić information content (AvgIpc) is 2.35. The first-order valence-electron chi connectivity index (χ1n) is 6.99. The van der Waals surface area contributed by atoms with E-state index < -0.39 is 0 Å². The van der Waals surface area contributed by atoms with E-state index in [-0.39, 0.29) is 0 Å². The normalized spacial score (nSPS) is 19.4. The van der Waals surface area contributed by atoms with E-state index in [1.165, 1.54) is 31.2 Å². The third-order valence-electron chi connectivity index (χ3n) is 4.02. The van der Waals surface area contributed by atoms with Crippen molar-refractivity contribution in [1.82, 2.24) is 5.32 Å². The monoisotopic (exact) mass is 231 g/mol. The molecule has 0 fully saturated rings. The lowest BCUT2D eigenvalue weighted by atomic mass is 9.79. The van der Waals surface area contributed by atoms with Gasteiger partial charge in [0.2, 0.25) is 0 Å². The minimum absolute atomic E-state index is 0.646. The number of nitrogens with one attached hydrogen (secondary N) is 1. The summed E-state index contributed by atoms with van der Waals surface area (Å²) in [5.74, 6) is 1.43. The topological polar surface area (TPSA) is 12.0 Å². The Kier molecular flexibility index (Phi) is 4.22. The van der Waals surface area contributed by atoms with E-state index in [2.05, 4.69) is 37.4 Å². The van der Waals surface area contributed by atoms with Gasteiger partial charge in [0, 0.05) is 0 Å². The molecule has 1 N–H and O–H groups in total. The van der Waals surface area contributed by atoms with Crippen molar-refractivity contribution in [1.29, 1.82) is 0 Å². The van der Waals surface area contributed by atoms with Crippen LogP contribution in [-0.4, -0.2) is 13.6 Å². The van der Waals surface area contributed by atoms with Gasteiger partial charge < -0.3 is 5.32 Å². The fourth-order valence-corrected chi connectivity index (χ4v) is 2.89. The third-order valence-corrected chi connectivity index (χ3v) is 4.02. The van der Waals surface area contributed by atoms with Crippen LogP contribution >= 0.6 is 0 Å². The highest BCUT2D eigenvalue weighted by Gasteiger charge is 2.20. The summed E-state index contributed by atoms with van der Waals surface area (Å²) < 4.78 is 0. The van der Waals surface area contributed by atoms with Crippen molar-refractivity contribution in [3.8, 4) is 0 Å². The van der Waals surface area contributed by atoms with E-state index in [4.69, 9.17) is 0 Å². The van der Waals surface area contributed by atoms with Crippen molar-refractivity contribution in [3.63, 3.8) is 0 Å². The third kappa shape index (κ3) is 2.90. The van der Waals surface area contributed by atoms with Gasteiger partial charge in [-0.25, -0.2) is 0 Å². The van der Waals surface area contributed by atoms with Crippen LogP contribution in [0.2, 0.25) is 0 Å². The molecule has 0 saturated carbocycles. The number of benzene rings is 1. The molecule has 0 radical (unpaired) electrons. The van der Waals surface area contributed by atoms with E-state index in [1.807, 2.05) is 7.05 Å². The highest BCUT2D eigenvalue weighted by molar-refractivity contribution is 5.37. The standard InChI is InChI=1S/C16H25N/c1-12(2)15-8-7-13-5-4-6-14(9-10-17-3)16(13)11-15/h7-8,11-12,14,17H,4-6,9-10H2,1-3H3. The highest BCUT2D eigenvalue weighted by atomic mass is 14.8. The molecule has 0 aromatic heterocycles. The van der Waals surface area contributed by atoms with Crippen molar-refractivity contribution >= 4 is 0 Å². The Morgan fingerprint density at radius 3 is 2.88 bits per heavy atom. The van der Waals surface area contributed by atoms with Crippen molar-refractivity contribution in [2.75, 3.05) is 13.6 Å². The van der Waals surface area contributed by atoms with Crippen LogP contribution in [0.3, 0.4) is 0 Å². The Hall–Kier alpha value is -0.820. The molecule has 2 rings (SSSR count). The molecule has 1 atom stereocenters. The molecule has 1 heteroatoms. The molecular weight excluding hydrogens is 206 g/mol. The van der Waals surface area contributed by atoms with Crippen LogP contribution in [0.4, 0.5) is 0 Å². The number of aryl methyl sites for hydroxylation is 1. The van der Waals surface area contributed by atoms with Gasteiger partial charge in [0.15, 0.2) is 0 Å². The molecule has 0 spiro atoms. The van der Waals surface area contributed by atoms with Gasteiger partial charge in [-0.3, -0.25) is 0 Å². The molecule has 94 valence electrons. The molecule has 1 aliphatic rings. The molecule has 1 aromatic carbocycles. The van der Waals surface area contributed by atoms with Gasteiger partial charge in [0.1, 0.15) is 0 Å². The lowest BCUT2D eigenvalue weighted by Crippen LogP contribution is -2.16. The molecule has 0 amide bonds. The van der Waals surface area contributed by atoms with Crippen LogP contribution in [0.25, 0.3) is 0 Å². The Morgan fingerprint density at radius 1 is 1.35 bits per heavy atom. The number of fused-ring (bicyclic) bond motifs is 1. The summed E-state index contributed by atoms with van der Waals surface area (Å²) >= 11 is 0. The number of hydrogen-bond donors (Lipinski definition) is 1. The SMILES string of the molecule is CNCCC1CCCc2ccc(C(C)C)cc21. The zero-order valence-corrected chi connectivity index (χ0v) is 11.4. The van der Waals surface area contributed by atoms with E-state index in [9.17, 15) is 0 Å². The first-order valence-corrected chi connectivity index (χ1v) is 6.99. The second-order valence-electron chi connectivity index (χ2n) is 5.59. The molecule has 1 unspecified atom stereocenters. The Morgan fingerprint density at radius 2 is 2.18 bits per heavy atom. The first kappa shape index (κ1) is 12.6. The molecule has 17 heavy (non-hydrogen) atoms. The molecule has 0 heterocycles. The minimum Gasteiger partial charge on any atom is -0.320 e. The van der Waals surface area contributed by atoms with Crippen LogP contribution < -0.4 is 5.32 Å². The van der Waals surface area contributed by atoms with Gasteiger partial charge in [-0.05, 0) is 67.8 Å². The Labute approximate surface area is 106 Å². The summed E-state index contributed by atoms with van der Waals surface area (Å²) in [6.07, 6.45) is 5.30. The molecule has 1 nitrogen and oxygen atoms in total. The summed E-state index contributed by atoms with van der Waals surface area (Å²) in [5.41, 5.74) is 4.74. The highest BCUT2D eigenvalue weighted by Crippen LogP contribution is 2.35. The van der Waals surface area contributed by atoms with E-state index in [0.29, 0.717) is 5.92 Å². The summed E-state index contributed by atoms with van der Waals surface area (Å²) in [6, 6.07) is 7.17. The van der Waals surface area contributed by atoms with Crippen LogP contribution in [0.15, 0.2) is 18.2 Å². The zero-order valence-electron chi connectivity index (χ0n) is 11.4. The van der Waals surface area contributed by atoms with Gasteiger partial charge in [0.25, 0.3) is 0 Å². The van der Waals surface area contributed by atoms with E-state index in [1.54, 1.807) is 11.1 Å². The second-order valence-corrected chi connectivity index (χ2v) is 5.59. The number of hydrogen-bond acceptors (Lipinski definition) is 1. The quantitative estimate of drug-likeness (QED) is 0.830. The van der Waals surface area contributed by atoms with Gasteiger partial charge in [-0.1, -0.05) is 32.0 Å². The average molecular weight is 231 g/mol. The predicted octanol–water partition coefficient (Wildman–Crippen LogP) is 3.84.